The van der Waals surface area contributed by atoms with Crippen LogP contribution in [0.2, 0.25) is 0 Å². The summed E-state index contributed by atoms with van der Waals surface area (Å²) >= 11 is 1.93. The number of Topliss-reactive ketones (excluding diaryl/α,β-unsaturated/α-hetero) is 1. The molecular formula is C12H19N3OS. The van der Waals surface area contributed by atoms with Crippen LogP contribution in [0.25, 0.3) is 0 Å². The summed E-state index contributed by atoms with van der Waals surface area (Å²) in [5.74, 6) is 3.38. The topological polar surface area (TPSA) is 46.9 Å². The van der Waals surface area contributed by atoms with Gasteiger partial charge in [0.05, 0.1) is 6.42 Å². The number of aryl methyl sites for hydroxylation is 1. The van der Waals surface area contributed by atoms with E-state index in [1.165, 1.54) is 0 Å². The maximum Gasteiger partial charge on any atom is 0.141 e. The summed E-state index contributed by atoms with van der Waals surface area (Å²) in [7, 11) is 0. The molecule has 94 valence electrons. The van der Waals surface area contributed by atoms with Crippen LogP contribution in [0.15, 0.2) is 12.4 Å². The van der Waals surface area contributed by atoms with Crippen LogP contribution in [0.1, 0.15) is 19.2 Å². The second-order valence-electron chi connectivity index (χ2n) is 4.28. The van der Waals surface area contributed by atoms with Crippen LogP contribution in [-0.2, 0) is 17.8 Å². The molecule has 4 nitrogen and oxygen atoms in total. The molecule has 0 radical (unpaired) electrons. The van der Waals surface area contributed by atoms with Crippen LogP contribution in [0.4, 0.5) is 0 Å². The molecule has 0 aromatic carbocycles. The lowest BCUT2D eigenvalue weighted by atomic mass is 10.1. The average Bonchev–Trinajstić information content (AvgIpc) is 2.77. The smallest absolute Gasteiger partial charge is 0.141 e. The van der Waals surface area contributed by atoms with E-state index in [9.17, 15) is 4.79 Å². The highest BCUT2D eigenvalue weighted by Gasteiger charge is 2.17. The number of ketones is 1. The number of imidazole rings is 1. The SMILES string of the molecule is CCn1ccnc1CC(=O)CC1CSCCN1. The summed E-state index contributed by atoms with van der Waals surface area (Å²) in [6, 6.07) is 0.353. The minimum Gasteiger partial charge on any atom is -0.335 e. The van der Waals surface area contributed by atoms with Crippen molar-refractivity contribution < 1.29 is 4.79 Å². The minimum absolute atomic E-state index is 0.283. The molecule has 1 saturated heterocycles. The summed E-state index contributed by atoms with van der Waals surface area (Å²) in [5, 5.41) is 3.39. The molecular weight excluding hydrogens is 234 g/mol. The van der Waals surface area contributed by atoms with Crippen molar-refractivity contribution in [2.24, 2.45) is 0 Å². The van der Waals surface area contributed by atoms with E-state index >= 15 is 0 Å². The molecule has 5 heteroatoms. The first-order valence-corrected chi connectivity index (χ1v) is 7.28. The van der Waals surface area contributed by atoms with Crippen molar-refractivity contribution >= 4 is 17.5 Å². The van der Waals surface area contributed by atoms with Crippen molar-refractivity contribution in [3.8, 4) is 0 Å². The van der Waals surface area contributed by atoms with Gasteiger partial charge in [0.1, 0.15) is 11.6 Å². The zero-order chi connectivity index (χ0) is 12.1. The van der Waals surface area contributed by atoms with Crippen LogP contribution in [0.3, 0.4) is 0 Å². The molecule has 1 unspecified atom stereocenters. The monoisotopic (exact) mass is 253 g/mol. The molecule has 0 bridgehead atoms. The maximum absolute atomic E-state index is 11.9. The van der Waals surface area contributed by atoms with Crippen molar-refractivity contribution in [2.75, 3.05) is 18.1 Å². The molecule has 1 fully saturated rings. The van der Waals surface area contributed by atoms with Crippen molar-refractivity contribution in [3.63, 3.8) is 0 Å². The fourth-order valence-electron chi connectivity index (χ4n) is 2.07. The molecule has 1 aliphatic rings. The lowest BCUT2D eigenvalue weighted by Crippen LogP contribution is -2.39. The molecule has 0 spiro atoms. The van der Waals surface area contributed by atoms with Gasteiger partial charge < -0.3 is 9.88 Å². The van der Waals surface area contributed by atoms with Gasteiger partial charge in [-0.05, 0) is 6.92 Å². The van der Waals surface area contributed by atoms with Gasteiger partial charge in [0, 0.05) is 49.5 Å². The van der Waals surface area contributed by atoms with E-state index in [0.29, 0.717) is 18.9 Å². The highest BCUT2D eigenvalue weighted by Crippen LogP contribution is 2.11. The molecule has 1 aromatic rings. The number of carbonyl (C=O) groups excluding carboxylic acids is 1. The van der Waals surface area contributed by atoms with Gasteiger partial charge in [-0.2, -0.15) is 11.8 Å². The van der Waals surface area contributed by atoms with Crippen LogP contribution in [0.5, 0.6) is 0 Å². The fraction of sp³-hybridized carbons (Fsp3) is 0.667. The number of nitrogens with one attached hydrogen (secondary N) is 1. The number of hydrogen-bond acceptors (Lipinski definition) is 4. The van der Waals surface area contributed by atoms with Gasteiger partial charge >= 0.3 is 0 Å². The van der Waals surface area contributed by atoms with E-state index in [1.54, 1.807) is 6.20 Å². The lowest BCUT2D eigenvalue weighted by Gasteiger charge is -2.22. The molecule has 0 saturated carbocycles. The molecule has 1 atom stereocenters. The second kappa shape index (κ2) is 6.21. The number of aromatic nitrogens is 2. The number of nitrogens with zero attached hydrogens (tertiary/aromatic N) is 2. The van der Waals surface area contributed by atoms with Crippen LogP contribution in [0, 0.1) is 0 Å². The van der Waals surface area contributed by atoms with E-state index in [1.807, 2.05) is 22.5 Å². The minimum atomic E-state index is 0.283. The third-order valence-electron chi connectivity index (χ3n) is 2.97. The van der Waals surface area contributed by atoms with Gasteiger partial charge in [-0.15, -0.1) is 0 Å². The Hall–Kier alpha value is -0.810. The fourth-order valence-corrected chi connectivity index (χ4v) is 3.02. The Morgan fingerprint density at radius 1 is 1.71 bits per heavy atom. The number of thioether (sulfide) groups is 1. The van der Waals surface area contributed by atoms with Gasteiger partial charge in [0.25, 0.3) is 0 Å². The van der Waals surface area contributed by atoms with Crippen LogP contribution >= 0.6 is 11.8 Å². The zero-order valence-corrected chi connectivity index (χ0v) is 11.0. The van der Waals surface area contributed by atoms with E-state index in [2.05, 4.69) is 17.2 Å². The number of hydrogen-bond donors (Lipinski definition) is 1. The number of carbonyl (C=O) groups is 1. The Kier molecular flexibility index (Phi) is 4.62. The Balaban J connectivity index is 1.84. The summed E-state index contributed by atoms with van der Waals surface area (Å²) in [5.41, 5.74) is 0. The van der Waals surface area contributed by atoms with Crippen LogP contribution in [-0.4, -0.2) is 39.4 Å². The quantitative estimate of drug-likeness (QED) is 0.854. The largest absolute Gasteiger partial charge is 0.335 e. The third kappa shape index (κ3) is 3.57. The summed E-state index contributed by atoms with van der Waals surface area (Å²) in [4.78, 5) is 16.2. The molecule has 2 rings (SSSR count). The summed E-state index contributed by atoms with van der Waals surface area (Å²) < 4.78 is 2.03. The van der Waals surface area contributed by atoms with E-state index in [4.69, 9.17) is 0 Å². The molecule has 1 N–H and O–H groups in total. The Labute approximate surface area is 106 Å². The van der Waals surface area contributed by atoms with E-state index in [0.717, 1.165) is 30.4 Å². The average molecular weight is 253 g/mol. The van der Waals surface area contributed by atoms with E-state index < -0.39 is 0 Å². The maximum atomic E-state index is 11.9. The van der Waals surface area contributed by atoms with Crippen molar-refractivity contribution in [3.05, 3.63) is 18.2 Å². The molecule has 17 heavy (non-hydrogen) atoms. The highest BCUT2D eigenvalue weighted by molar-refractivity contribution is 7.99. The van der Waals surface area contributed by atoms with Gasteiger partial charge in [-0.3, -0.25) is 4.79 Å². The number of rotatable bonds is 5. The highest BCUT2D eigenvalue weighted by atomic mass is 32.2. The Morgan fingerprint density at radius 3 is 3.29 bits per heavy atom. The van der Waals surface area contributed by atoms with E-state index in [-0.39, 0.29) is 5.78 Å². The molecule has 0 amide bonds. The first kappa shape index (κ1) is 12.6. The van der Waals surface area contributed by atoms with Gasteiger partial charge in [0.2, 0.25) is 0 Å². The zero-order valence-electron chi connectivity index (χ0n) is 10.2. The summed E-state index contributed by atoms with van der Waals surface area (Å²) in [6.07, 6.45) is 4.78. The first-order valence-electron chi connectivity index (χ1n) is 6.12. The standard InChI is InChI=1S/C12H19N3OS/c1-2-15-5-3-14-12(15)8-11(16)7-10-9-17-6-4-13-10/h3,5,10,13H,2,4,6-9H2,1H3. The van der Waals surface area contributed by atoms with Crippen molar-refractivity contribution in [1.29, 1.82) is 0 Å². The van der Waals surface area contributed by atoms with Crippen molar-refractivity contribution in [2.45, 2.75) is 32.4 Å². The summed E-state index contributed by atoms with van der Waals surface area (Å²) in [6.45, 7) is 3.96. The third-order valence-corrected chi connectivity index (χ3v) is 4.10. The molecule has 2 heterocycles. The van der Waals surface area contributed by atoms with Gasteiger partial charge in [-0.1, -0.05) is 0 Å². The van der Waals surface area contributed by atoms with Crippen molar-refractivity contribution in [1.82, 2.24) is 14.9 Å². The molecule has 1 aliphatic heterocycles. The molecule has 0 aliphatic carbocycles. The van der Waals surface area contributed by atoms with Gasteiger partial charge in [0.15, 0.2) is 0 Å². The predicted octanol–water partition coefficient (Wildman–Crippen LogP) is 1.11. The predicted molar refractivity (Wildman–Crippen MR) is 70.3 cm³/mol. The Bertz CT molecular complexity index is 372. The Morgan fingerprint density at radius 2 is 2.59 bits per heavy atom. The van der Waals surface area contributed by atoms with Gasteiger partial charge in [-0.25, -0.2) is 4.98 Å². The van der Waals surface area contributed by atoms with Crippen LogP contribution < -0.4 is 5.32 Å². The second-order valence-corrected chi connectivity index (χ2v) is 5.42. The normalized spacial score (nSPS) is 20.4. The molecule has 1 aromatic heterocycles. The lowest BCUT2D eigenvalue weighted by molar-refractivity contribution is -0.118. The first-order chi connectivity index (χ1) is 8.29.